The van der Waals surface area contributed by atoms with Crippen molar-refractivity contribution in [3.05, 3.63) is 53.8 Å². The van der Waals surface area contributed by atoms with Gasteiger partial charge in [0.05, 0.1) is 15.5 Å². The number of benzene rings is 2. The van der Waals surface area contributed by atoms with Crippen LogP contribution in [0.5, 0.6) is 0 Å². The topological polar surface area (TPSA) is 83.5 Å². The van der Waals surface area contributed by atoms with E-state index in [0.717, 1.165) is 4.31 Å². The predicted molar refractivity (Wildman–Crippen MR) is 91.9 cm³/mol. The Balaban J connectivity index is 2.05. The van der Waals surface area contributed by atoms with E-state index in [1.165, 1.54) is 37.4 Å². The number of fused-ring (bicyclic) bond motifs is 1. The number of hydrogen-bond donors (Lipinski definition) is 1. The molecule has 0 aromatic heterocycles. The standard InChI is InChI=1S/C16H17FN2O4S2/c1-18-24(20,21)13-7-9-14(10-8-13)25(22,23)19-11-3-5-12-4-2-6-15(17)16(12)19/h2,4,6-10,18H,3,5,11H2,1H3. The van der Waals surface area contributed by atoms with Gasteiger partial charge in [0.1, 0.15) is 5.82 Å². The molecular weight excluding hydrogens is 367 g/mol. The molecule has 0 amide bonds. The molecule has 2 aromatic rings. The zero-order valence-electron chi connectivity index (χ0n) is 13.4. The lowest BCUT2D eigenvalue weighted by atomic mass is 10.0. The lowest BCUT2D eigenvalue weighted by Crippen LogP contribution is -2.36. The zero-order valence-corrected chi connectivity index (χ0v) is 15.1. The van der Waals surface area contributed by atoms with Gasteiger partial charge in [-0.15, -0.1) is 0 Å². The molecule has 0 spiro atoms. The van der Waals surface area contributed by atoms with Crippen LogP contribution in [0.4, 0.5) is 10.1 Å². The molecule has 0 saturated heterocycles. The number of halogens is 1. The Morgan fingerprint density at radius 2 is 1.64 bits per heavy atom. The van der Waals surface area contributed by atoms with E-state index in [1.807, 2.05) is 0 Å². The first-order valence-corrected chi connectivity index (χ1v) is 10.5. The summed E-state index contributed by atoms with van der Waals surface area (Å²) in [7, 11) is -6.38. The fraction of sp³-hybridized carbons (Fsp3) is 0.250. The summed E-state index contributed by atoms with van der Waals surface area (Å²) in [6.07, 6.45) is 1.19. The van der Waals surface area contributed by atoms with Gasteiger partial charge in [0.25, 0.3) is 10.0 Å². The maximum Gasteiger partial charge on any atom is 0.264 e. The molecule has 0 fully saturated rings. The molecule has 9 heteroatoms. The molecule has 0 bridgehead atoms. The molecule has 0 unspecified atom stereocenters. The third kappa shape index (κ3) is 3.14. The Kier molecular flexibility index (Phi) is 4.56. The van der Waals surface area contributed by atoms with Gasteiger partial charge in [0.15, 0.2) is 0 Å². The molecule has 1 N–H and O–H groups in total. The average Bonchev–Trinajstić information content (AvgIpc) is 2.61. The number of rotatable bonds is 4. The number of sulfonamides is 2. The maximum atomic E-state index is 14.2. The van der Waals surface area contributed by atoms with E-state index in [-0.39, 0.29) is 22.0 Å². The van der Waals surface area contributed by atoms with Gasteiger partial charge < -0.3 is 0 Å². The van der Waals surface area contributed by atoms with Crippen LogP contribution in [0.2, 0.25) is 0 Å². The first kappa shape index (κ1) is 17.8. The van der Waals surface area contributed by atoms with Crippen LogP contribution in [0, 0.1) is 5.82 Å². The van der Waals surface area contributed by atoms with E-state index in [2.05, 4.69) is 4.72 Å². The fourth-order valence-corrected chi connectivity index (χ4v) is 5.12. The van der Waals surface area contributed by atoms with Gasteiger partial charge >= 0.3 is 0 Å². The van der Waals surface area contributed by atoms with Crippen LogP contribution in [0.15, 0.2) is 52.3 Å². The molecule has 2 aromatic carbocycles. The van der Waals surface area contributed by atoms with Crippen LogP contribution < -0.4 is 9.03 Å². The van der Waals surface area contributed by atoms with Crippen LogP contribution in [-0.2, 0) is 26.5 Å². The summed E-state index contributed by atoms with van der Waals surface area (Å²) >= 11 is 0. The Morgan fingerprint density at radius 1 is 1.00 bits per heavy atom. The normalized spacial score (nSPS) is 15.0. The highest BCUT2D eigenvalue weighted by Gasteiger charge is 2.31. The molecule has 134 valence electrons. The largest absolute Gasteiger partial charge is 0.264 e. The number of nitrogens with one attached hydrogen (secondary N) is 1. The number of nitrogens with zero attached hydrogens (tertiary/aromatic N) is 1. The van der Waals surface area contributed by atoms with Gasteiger partial charge in [-0.05, 0) is 55.8 Å². The van der Waals surface area contributed by atoms with Crippen LogP contribution in [0.3, 0.4) is 0 Å². The van der Waals surface area contributed by atoms with Gasteiger partial charge in [0.2, 0.25) is 10.0 Å². The van der Waals surface area contributed by atoms with Gasteiger partial charge in [0, 0.05) is 6.54 Å². The van der Waals surface area contributed by atoms with E-state index in [9.17, 15) is 21.2 Å². The first-order valence-electron chi connectivity index (χ1n) is 7.61. The average molecular weight is 384 g/mol. The Bertz CT molecular complexity index is 1000. The lowest BCUT2D eigenvalue weighted by molar-refractivity contribution is 0.576. The minimum absolute atomic E-state index is 0.0424. The SMILES string of the molecule is CNS(=O)(=O)c1ccc(S(=O)(=O)N2CCCc3cccc(F)c32)cc1. The second-order valence-electron chi connectivity index (χ2n) is 5.61. The number of anilines is 1. The molecule has 0 atom stereocenters. The summed E-state index contributed by atoms with van der Waals surface area (Å²) in [5, 5.41) is 0. The highest BCUT2D eigenvalue weighted by Crippen LogP contribution is 2.34. The van der Waals surface area contributed by atoms with Crippen molar-refractivity contribution in [3.63, 3.8) is 0 Å². The number of hydrogen-bond acceptors (Lipinski definition) is 4. The maximum absolute atomic E-state index is 14.2. The third-order valence-electron chi connectivity index (χ3n) is 4.12. The van der Waals surface area contributed by atoms with Crippen molar-refractivity contribution < 1.29 is 21.2 Å². The summed E-state index contributed by atoms with van der Waals surface area (Å²) in [5.41, 5.74) is 0.713. The van der Waals surface area contributed by atoms with Crippen LogP contribution in [-0.4, -0.2) is 30.4 Å². The van der Waals surface area contributed by atoms with Crippen LogP contribution in [0.25, 0.3) is 0 Å². The van der Waals surface area contributed by atoms with Gasteiger partial charge in [-0.3, -0.25) is 4.31 Å². The minimum atomic E-state index is -3.99. The third-order valence-corrected chi connectivity index (χ3v) is 7.36. The molecule has 1 aliphatic heterocycles. The smallest absolute Gasteiger partial charge is 0.263 e. The molecule has 1 aliphatic rings. The van der Waals surface area contributed by atoms with Crippen molar-refractivity contribution in [2.24, 2.45) is 0 Å². The number of para-hydroxylation sites is 1. The van der Waals surface area contributed by atoms with Crippen LogP contribution >= 0.6 is 0 Å². The summed E-state index contributed by atoms with van der Waals surface area (Å²) in [6, 6.07) is 9.36. The summed E-state index contributed by atoms with van der Waals surface area (Å²) < 4.78 is 66.8. The van der Waals surface area contributed by atoms with Gasteiger partial charge in [-0.2, -0.15) is 0 Å². The van der Waals surface area contributed by atoms with E-state index < -0.39 is 25.9 Å². The molecule has 6 nitrogen and oxygen atoms in total. The zero-order chi connectivity index (χ0) is 18.2. The van der Waals surface area contributed by atoms with Crippen LogP contribution in [0.1, 0.15) is 12.0 Å². The molecule has 0 aliphatic carbocycles. The summed E-state index contributed by atoms with van der Waals surface area (Å²) in [5.74, 6) is -0.588. The van der Waals surface area contributed by atoms with Crippen molar-refractivity contribution in [1.82, 2.24) is 4.72 Å². The monoisotopic (exact) mass is 384 g/mol. The van der Waals surface area contributed by atoms with E-state index in [0.29, 0.717) is 18.4 Å². The molecule has 0 saturated carbocycles. The quantitative estimate of drug-likeness (QED) is 0.872. The van der Waals surface area contributed by atoms with E-state index >= 15 is 0 Å². The molecule has 3 rings (SSSR count). The highest BCUT2D eigenvalue weighted by atomic mass is 32.2. The first-order chi connectivity index (χ1) is 11.8. The Hall–Kier alpha value is -1.97. The predicted octanol–water partition coefficient (Wildman–Crippen LogP) is 1.88. The highest BCUT2D eigenvalue weighted by molar-refractivity contribution is 7.93. The van der Waals surface area contributed by atoms with Crippen molar-refractivity contribution in [3.8, 4) is 0 Å². The second-order valence-corrected chi connectivity index (χ2v) is 9.36. The van der Waals surface area contributed by atoms with E-state index in [4.69, 9.17) is 0 Å². The Morgan fingerprint density at radius 3 is 2.28 bits per heavy atom. The van der Waals surface area contributed by atoms with Crippen molar-refractivity contribution in [2.75, 3.05) is 17.9 Å². The molecule has 1 heterocycles. The fourth-order valence-electron chi connectivity index (χ4n) is 2.84. The van der Waals surface area contributed by atoms with Crippen molar-refractivity contribution in [2.45, 2.75) is 22.6 Å². The molecule has 0 radical (unpaired) electrons. The number of aryl methyl sites for hydroxylation is 1. The molecular formula is C16H17FN2O4S2. The second kappa shape index (κ2) is 6.40. The summed E-state index contributed by atoms with van der Waals surface area (Å²) in [4.78, 5) is -0.127. The lowest BCUT2D eigenvalue weighted by Gasteiger charge is -2.30. The van der Waals surface area contributed by atoms with Crippen molar-refractivity contribution in [1.29, 1.82) is 0 Å². The van der Waals surface area contributed by atoms with Gasteiger partial charge in [-0.25, -0.2) is 25.9 Å². The molecule has 25 heavy (non-hydrogen) atoms. The van der Waals surface area contributed by atoms with E-state index in [1.54, 1.807) is 12.1 Å². The summed E-state index contributed by atoms with van der Waals surface area (Å²) in [6.45, 7) is 0.173. The minimum Gasteiger partial charge on any atom is -0.263 e. The Labute approximate surface area is 146 Å². The van der Waals surface area contributed by atoms with Gasteiger partial charge in [-0.1, -0.05) is 12.1 Å². The van der Waals surface area contributed by atoms with Crippen molar-refractivity contribution >= 4 is 25.7 Å².